The zero-order chi connectivity index (χ0) is 18.4. The van der Waals surface area contributed by atoms with E-state index in [2.05, 4.69) is 15.2 Å². The average Bonchev–Trinajstić information content (AvgIpc) is 2.69. The Kier molecular flexibility index (Phi) is 5.93. The van der Waals surface area contributed by atoms with Gasteiger partial charge in [-0.1, -0.05) is 12.1 Å². The number of morpholine rings is 1. The molecule has 0 unspecified atom stereocenters. The van der Waals surface area contributed by atoms with E-state index in [1.54, 1.807) is 42.6 Å². The number of carbonyl (C=O) groups excluding carboxylic acids is 2. The molecule has 0 saturated carbocycles. The molecular weight excluding hydrogens is 332 g/mol. The number of aromatic nitrogens is 1. The SMILES string of the molecule is NC(=O)c1ccc(-c2cc(C(=O)NCCN3CCOCC3)ccn2)cc1. The van der Waals surface area contributed by atoms with Crippen LogP contribution < -0.4 is 11.1 Å². The smallest absolute Gasteiger partial charge is 0.251 e. The molecule has 1 fully saturated rings. The Hall–Kier alpha value is -2.77. The van der Waals surface area contributed by atoms with Gasteiger partial charge in [0.25, 0.3) is 5.91 Å². The average molecular weight is 354 g/mol. The Morgan fingerprint density at radius 1 is 1.12 bits per heavy atom. The summed E-state index contributed by atoms with van der Waals surface area (Å²) < 4.78 is 5.31. The number of primary amides is 1. The number of nitrogens with one attached hydrogen (secondary N) is 1. The largest absolute Gasteiger partial charge is 0.379 e. The Labute approximate surface area is 152 Å². The number of ether oxygens (including phenoxy) is 1. The molecule has 2 heterocycles. The van der Waals surface area contributed by atoms with Crippen LogP contribution in [0.1, 0.15) is 20.7 Å². The van der Waals surface area contributed by atoms with Crippen molar-refractivity contribution >= 4 is 11.8 Å². The van der Waals surface area contributed by atoms with Crippen LogP contribution in [-0.4, -0.2) is 61.1 Å². The molecule has 26 heavy (non-hydrogen) atoms. The van der Waals surface area contributed by atoms with Gasteiger partial charge in [0, 0.05) is 49.1 Å². The van der Waals surface area contributed by atoms with E-state index in [4.69, 9.17) is 10.5 Å². The Bertz CT molecular complexity index is 771. The molecule has 7 nitrogen and oxygen atoms in total. The van der Waals surface area contributed by atoms with Crippen molar-refractivity contribution in [2.24, 2.45) is 5.73 Å². The summed E-state index contributed by atoms with van der Waals surface area (Å²) in [6.07, 6.45) is 1.61. The highest BCUT2D eigenvalue weighted by Gasteiger charge is 2.12. The van der Waals surface area contributed by atoms with Crippen LogP contribution in [0, 0.1) is 0 Å². The van der Waals surface area contributed by atoms with Gasteiger partial charge in [-0.15, -0.1) is 0 Å². The number of nitrogens with zero attached hydrogens (tertiary/aromatic N) is 2. The number of nitrogens with two attached hydrogens (primary N) is 1. The van der Waals surface area contributed by atoms with Crippen molar-refractivity contribution in [2.75, 3.05) is 39.4 Å². The summed E-state index contributed by atoms with van der Waals surface area (Å²) in [6.45, 7) is 4.69. The van der Waals surface area contributed by atoms with E-state index in [1.165, 1.54) is 0 Å². The molecule has 136 valence electrons. The maximum Gasteiger partial charge on any atom is 0.251 e. The lowest BCUT2D eigenvalue weighted by Crippen LogP contribution is -2.41. The molecule has 1 saturated heterocycles. The fraction of sp³-hybridized carbons (Fsp3) is 0.316. The molecule has 1 aliphatic rings. The van der Waals surface area contributed by atoms with Gasteiger partial charge in [-0.25, -0.2) is 0 Å². The van der Waals surface area contributed by atoms with Gasteiger partial charge in [0.15, 0.2) is 0 Å². The number of hydrogen-bond donors (Lipinski definition) is 2. The van der Waals surface area contributed by atoms with E-state index in [9.17, 15) is 9.59 Å². The summed E-state index contributed by atoms with van der Waals surface area (Å²) >= 11 is 0. The van der Waals surface area contributed by atoms with Crippen molar-refractivity contribution < 1.29 is 14.3 Å². The predicted octanol–water partition coefficient (Wildman–Crippen LogP) is 0.910. The van der Waals surface area contributed by atoms with E-state index in [0.29, 0.717) is 23.4 Å². The summed E-state index contributed by atoms with van der Waals surface area (Å²) in [5, 5.41) is 2.94. The number of hydrogen-bond acceptors (Lipinski definition) is 5. The van der Waals surface area contributed by atoms with E-state index in [-0.39, 0.29) is 5.91 Å². The van der Waals surface area contributed by atoms with Gasteiger partial charge in [-0.2, -0.15) is 0 Å². The first kappa shape index (κ1) is 18.0. The van der Waals surface area contributed by atoms with E-state index in [1.807, 2.05) is 0 Å². The summed E-state index contributed by atoms with van der Waals surface area (Å²) in [7, 11) is 0. The first-order chi connectivity index (χ1) is 12.6. The van der Waals surface area contributed by atoms with Gasteiger partial charge in [0.1, 0.15) is 0 Å². The standard InChI is InChI=1S/C19H22N4O3/c20-18(24)15-3-1-14(2-4-15)17-13-16(5-6-21-17)19(25)22-7-8-23-9-11-26-12-10-23/h1-6,13H,7-12H2,(H2,20,24)(H,22,25). The molecule has 2 amide bonds. The zero-order valence-corrected chi connectivity index (χ0v) is 14.5. The first-order valence-electron chi connectivity index (χ1n) is 8.58. The van der Waals surface area contributed by atoms with Crippen LogP contribution in [0.2, 0.25) is 0 Å². The van der Waals surface area contributed by atoms with E-state index in [0.717, 1.165) is 38.4 Å². The highest BCUT2D eigenvalue weighted by atomic mass is 16.5. The van der Waals surface area contributed by atoms with Crippen LogP contribution in [0.4, 0.5) is 0 Å². The molecule has 1 aliphatic heterocycles. The molecule has 3 N–H and O–H groups in total. The van der Waals surface area contributed by atoms with Crippen molar-refractivity contribution in [1.82, 2.24) is 15.2 Å². The van der Waals surface area contributed by atoms with Gasteiger partial charge in [-0.05, 0) is 24.3 Å². The molecule has 0 aliphatic carbocycles. The van der Waals surface area contributed by atoms with Crippen LogP contribution in [0.25, 0.3) is 11.3 Å². The highest BCUT2D eigenvalue weighted by Crippen LogP contribution is 2.18. The van der Waals surface area contributed by atoms with Gasteiger partial charge in [0.2, 0.25) is 5.91 Å². The fourth-order valence-electron chi connectivity index (χ4n) is 2.79. The van der Waals surface area contributed by atoms with Crippen LogP contribution in [-0.2, 0) is 4.74 Å². The molecule has 2 aromatic rings. The number of carbonyl (C=O) groups is 2. The van der Waals surface area contributed by atoms with Crippen LogP contribution in [0.5, 0.6) is 0 Å². The monoisotopic (exact) mass is 354 g/mol. The molecular formula is C19H22N4O3. The van der Waals surface area contributed by atoms with Gasteiger partial charge in [0.05, 0.1) is 18.9 Å². The second-order valence-electron chi connectivity index (χ2n) is 6.08. The molecule has 0 radical (unpaired) electrons. The van der Waals surface area contributed by atoms with Crippen molar-refractivity contribution in [3.63, 3.8) is 0 Å². The zero-order valence-electron chi connectivity index (χ0n) is 14.5. The maximum absolute atomic E-state index is 12.4. The highest BCUT2D eigenvalue weighted by molar-refractivity contribution is 5.95. The van der Waals surface area contributed by atoms with Crippen molar-refractivity contribution in [1.29, 1.82) is 0 Å². The summed E-state index contributed by atoms with van der Waals surface area (Å²) in [5.74, 6) is -0.603. The lowest BCUT2D eigenvalue weighted by atomic mass is 10.1. The van der Waals surface area contributed by atoms with Crippen molar-refractivity contribution in [3.05, 3.63) is 53.7 Å². The number of rotatable bonds is 6. The third-order valence-electron chi connectivity index (χ3n) is 4.30. The Morgan fingerprint density at radius 3 is 2.54 bits per heavy atom. The van der Waals surface area contributed by atoms with Crippen LogP contribution in [0.3, 0.4) is 0 Å². The third-order valence-corrected chi connectivity index (χ3v) is 4.30. The van der Waals surface area contributed by atoms with Gasteiger partial charge < -0.3 is 15.8 Å². The Morgan fingerprint density at radius 2 is 1.85 bits per heavy atom. The van der Waals surface area contributed by atoms with Gasteiger partial charge in [-0.3, -0.25) is 19.5 Å². The fourth-order valence-corrected chi connectivity index (χ4v) is 2.79. The second-order valence-corrected chi connectivity index (χ2v) is 6.08. The quantitative estimate of drug-likeness (QED) is 0.804. The van der Waals surface area contributed by atoms with E-state index < -0.39 is 5.91 Å². The van der Waals surface area contributed by atoms with Gasteiger partial charge >= 0.3 is 0 Å². The minimum atomic E-state index is -0.474. The number of benzene rings is 1. The predicted molar refractivity (Wildman–Crippen MR) is 97.8 cm³/mol. The molecule has 0 spiro atoms. The summed E-state index contributed by atoms with van der Waals surface area (Å²) in [6, 6.07) is 10.3. The molecule has 7 heteroatoms. The topological polar surface area (TPSA) is 97.5 Å². The number of amides is 2. The molecule has 0 atom stereocenters. The molecule has 0 bridgehead atoms. The van der Waals surface area contributed by atoms with Crippen LogP contribution in [0.15, 0.2) is 42.6 Å². The minimum Gasteiger partial charge on any atom is -0.379 e. The minimum absolute atomic E-state index is 0.129. The molecule has 1 aromatic heterocycles. The molecule has 1 aromatic carbocycles. The summed E-state index contributed by atoms with van der Waals surface area (Å²) in [4.78, 5) is 30.1. The normalized spacial score (nSPS) is 14.8. The van der Waals surface area contributed by atoms with E-state index >= 15 is 0 Å². The molecule has 3 rings (SSSR count). The van der Waals surface area contributed by atoms with Crippen molar-refractivity contribution in [3.8, 4) is 11.3 Å². The van der Waals surface area contributed by atoms with Crippen molar-refractivity contribution in [2.45, 2.75) is 0 Å². The van der Waals surface area contributed by atoms with Crippen LogP contribution >= 0.6 is 0 Å². The first-order valence-corrected chi connectivity index (χ1v) is 8.58. The summed E-state index contributed by atoms with van der Waals surface area (Å²) in [5.41, 5.74) is 7.72. The third kappa shape index (κ3) is 4.65. The lowest BCUT2D eigenvalue weighted by molar-refractivity contribution is 0.0383. The Balaban J connectivity index is 1.60. The lowest BCUT2D eigenvalue weighted by Gasteiger charge is -2.26. The maximum atomic E-state index is 12.4. The number of pyridine rings is 1. The second kappa shape index (κ2) is 8.55.